The first-order valence-corrected chi connectivity index (χ1v) is 25.5. The van der Waals surface area contributed by atoms with Crippen LogP contribution in [-0.2, 0) is 23.8 Å². The molecule has 0 heterocycles. The number of ether oxygens (including phenoxy) is 3. The molecule has 0 saturated heterocycles. The van der Waals surface area contributed by atoms with Crippen LogP contribution in [0.1, 0.15) is 239 Å². The molecule has 1 atom stereocenters. The Hall–Kier alpha value is -2.66. The lowest BCUT2D eigenvalue weighted by molar-refractivity contribution is -0.163. The van der Waals surface area contributed by atoms with Gasteiger partial charge in [-0.25, -0.2) is 0 Å². The van der Waals surface area contributed by atoms with Gasteiger partial charge in [-0.15, -0.1) is 0 Å². The summed E-state index contributed by atoms with van der Waals surface area (Å²) in [6.45, 7) is 7.63. The average molecular weight is 837 g/mol. The number of esters is 2. The van der Waals surface area contributed by atoms with Gasteiger partial charge in [-0.05, 0) is 89.9 Å². The van der Waals surface area contributed by atoms with Crippen molar-refractivity contribution in [1.29, 1.82) is 0 Å². The van der Waals surface area contributed by atoms with Gasteiger partial charge >= 0.3 is 11.9 Å². The lowest BCUT2D eigenvalue weighted by Gasteiger charge is -2.18. The van der Waals surface area contributed by atoms with E-state index in [0.29, 0.717) is 19.4 Å². The second-order valence-electron chi connectivity index (χ2n) is 16.7. The number of carbonyl (C=O) groups is 2. The van der Waals surface area contributed by atoms with E-state index in [1.165, 1.54) is 109 Å². The van der Waals surface area contributed by atoms with Crippen LogP contribution in [0.15, 0.2) is 72.9 Å². The molecule has 0 aliphatic rings. The van der Waals surface area contributed by atoms with Crippen molar-refractivity contribution in [3.63, 3.8) is 0 Å². The Morgan fingerprint density at radius 1 is 0.383 bits per heavy atom. The molecule has 0 bridgehead atoms. The summed E-state index contributed by atoms with van der Waals surface area (Å²) < 4.78 is 17.3. The number of rotatable bonds is 46. The summed E-state index contributed by atoms with van der Waals surface area (Å²) in [5, 5.41) is 0. The highest BCUT2D eigenvalue weighted by molar-refractivity contribution is 5.70. The second kappa shape index (κ2) is 50.7. The molecule has 0 rings (SSSR count). The van der Waals surface area contributed by atoms with Crippen LogP contribution < -0.4 is 0 Å². The van der Waals surface area contributed by atoms with E-state index in [9.17, 15) is 9.59 Å². The average Bonchev–Trinajstić information content (AvgIpc) is 3.25. The van der Waals surface area contributed by atoms with E-state index in [4.69, 9.17) is 14.2 Å². The van der Waals surface area contributed by atoms with Crippen LogP contribution in [0.2, 0.25) is 0 Å². The van der Waals surface area contributed by atoms with Crippen molar-refractivity contribution >= 4 is 11.9 Å². The first kappa shape index (κ1) is 57.3. The number of unbranched alkanes of at least 4 members (excludes halogenated alkanes) is 23. The maximum absolute atomic E-state index is 12.7. The van der Waals surface area contributed by atoms with Gasteiger partial charge in [-0.3, -0.25) is 9.59 Å². The second-order valence-corrected chi connectivity index (χ2v) is 16.7. The highest BCUT2D eigenvalue weighted by atomic mass is 16.6. The van der Waals surface area contributed by atoms with Crippen LogP contribution >= 0.6 is 0 Å². The largest absolute Gasteiger partial charge is 0.462 e. The maximum atomic E-state index is 12.7. The van der Waals surface area contributed by atoms with Gasteiger partial charge in [0.25, 0.3) is 0 Å². The van der Waals surface area contributed by atoms with Gasteiger partial charge in [0.2, 0.25) is 0 Å². The minimum absolute atomic E-state index is 0.0704. The van der Waals surface area contributed by atoms with Crippen LogP contribution in [0.5, 0.6) is 0 Å². The predicted molar refractivity (Wildman–Crippen MR) is 260 cm³/mol. The molecule has 0 aromatic rings. The Kier molecular flexibility index (Phi) is 48.4. The molecular weight excluding hydrogens is 741 g/mol. The van der Waals surface area contributed by atoms with E-state index < -0.39 is 6.10 Å². The number of hydrogen-bond acceptors (Lipinski definition) is 5. The highest BCUT2D eigenvalue weighted by Gasteiger charge is 2.17. The highest BCUT2D eigenvalue weighted by Crippen LogP contribution is 2.14. The van der Waals surface area contributed by atoms with E-state index in [1.807, 2.05) is 0 Å². The first-order valence-electron chi connectivity index (χ1n) is 25.5. The third kappa shape index (κ3) is 48.0. The lowest BCUT2D eigenvalue weighted by Crippen LogP contribution is -2.30. The zero-order chi connectivity index (χ0) is 43.5. The zero-order valence-electron chi connectivity index (χ0n) is 39.7. The third-order valence-corrected chi connectivity index (χ3v) is 10.7. The quantitative estimate of drug-likeness (QED) is 0.0347. The summed E-state index contributed by atoms with van der Waals surface area (Å²) in [6, 6.07) is 0. The first-order chi connectivity index (χ1) is 29.6. The molecule has 0 aromatic carbocycles. The topological polar surface area (TPSA) is 61.8 Å². The standard InChI is InChI=1S/C55H96O5/c1-4-7-10-13-16-18-20-22-24-26-27-28-30-32-34-36-38-41-44-47-50-58-51-53(60-55(57)49-46-43-39-15-12-9-6-3)52-59-54(56)48-45-42-40-37-35-33-31-29-25-23-21-19-17-14-11-8-5-2/h8,11,16-19,22-25,31,33,53H,4-7,9-10,12-15,20-21,26-30,32,34-52H2,1-3H3/b11-8-,18-16-,19-17-,24-22-,25-23-,33-31-. The summed E-state index contributed by atoms with van der Waals surface area (Å²) >= 11 is 0. The van der Waals surface area contributed by atoms with Gasteiger partial charge in [0.05, 0.1) is 6.61 Å². The molecule has 0 saturated carbocycles. The molecule has 0 N–H and O–H groups in total. The normalized spacial score (nSPS) is 12.8. The molecule has 60 heavy (non-hydrogen) atoms. The van der Waals surface area contributed by atoms with Gasteiger partial charge < -0.3 is 14.2 Å². The van der Waals surface area contributed by atoms with Crippen LogP contribution in [0.3, 0.4) is 0 Å². The van der Waals surface area contributed by atoms with Crippen molar-refractivity contribution in [3.05, 3.63) is 72.9 Å². The van der Waals surface area contributed by atoms with Crippen molar-refractivity contribution in [3.8, 4) is 0 Å². The third-order valence-electron chi connectivity index (χ3n) is 10.7. The van der Waals surface area contributed by atoms with E-state index in [0.717, 1.165) is 96.3 Å². The van der Waals surface area contributed by atoms with Crippen molar-refractivity contribution in [2.45, 2.75) is 245 Å². The molecule has 5 heteroatoms. The van der Waals surface area contributed by atoms with Gasteiger partial charge in [0.15, 0.2) is 6.10 Å². The number of hydrogen-bond donors (Lipinski definition) is 0. The Morgan fingerprint density at radius 3 is 1.23 bits per heavy atom. The summed E-state index contributed by atoms with van der Waals surface area (Å²) in [7, 11) is 0. The molecule has 5 nitrogen and oxygen atoms in total. The van der Waals surface area contributed by atoms with E-state index in [1.54, 1.807) is 0 Å². The molecule has 1 unspecified atom stereocenters. The lowest BCUT2D eigenvalue weighted by atomic mass is 10.1. The molecule has 0 aromatic heterocycles. The molecule has 0 amide bonds. The Bertz CT molecular complexity index is 1080. The maximum Gasteiger partial charge on any atom is 0.306 e. The summed E-state index contributed by atoms with van der Waals surface area (Å²) in [6.07, 6.45) is 64.9. The van der Waals surface area contributed by atoms with E-state index >= 15 is 0 Å². The minimum atomic E-state index is -0.546. The van der Waals surface area contributed by atoms with E-state index in [2.05, 4.69) is 93.7 Å². The Morgan fingerprint density at radius 2 is 0.750 bits per heavy atom. The van der Waals surface area contributed by atoms with E-state index in [-0.39, 0.29) is 25.2 Å². The van der Waals surface area contributed by atoms with Gasteiger partial charge in [0, 0.05) is 19.4 Å². The predicted octanol–water partition coefficient (Wildman–Crippen LogP) is 17.1. The molecule has 346 valence electrons. The number of carbonyl (C=O) groups excluding carboxylic acids is 2. The fourth-order valence-electron chi connectivity index (χ4n) is 6.94. The Labute approximate surface area is 372 Å². The number of allylic oxidation sites excluding steroid dienone is 12. The molecule has 0 aliphatic carbocycles. The molecule has 0 fully saturated rings. The van der Waals surface area contributed by atoms with Crippen LogP contribution in [0.4, 0.5) is 0 Å². The zero-order valence-corrected chi connectivity index (χ0v) is 39.7. The molecule has 0 radical (unpaired) electrons. The van der Waals surface area contributed by atoms with Gasteiger partial charge in [-0.1, -0.05) is 209 Å². The van der Waals surface area contributed by atoms with Crippen LogP contribution in [-0.4, -0.2) is 37.9 Å². The molecular formula is C55H96O5. The summed E-state index contributed by atoms with van der Waals surface area (Å²) in [5.41, 5.74) is 0. The van der Waals surface area contributed by atoms with Gasteiger partial charge in [-0.2, -0.15) is 0 Å². The van der Waals surface area contributed by atoms with Crippen molar-refractivity contribution < 1.29 is 23.8 Å². The SMILES string of the molecule is CC/C=C\C/C=C\C/C=C\C/C=C\CCCCCCC(=O)OCC(COCCCCCCCCCCCC/C=C\C/C=C\CCCCC)OC(=O)CCCCCCCCC. The van der Waals surface area contributed by atoms with Crippen molar-refractivity contribution in [1.82, 2.24) is 0 Å². The fourth-order valence-corrected chi connectivity index (χ4v) is 6.94. The summed E-state index contributed by atoms with van der Waals surface area (Å²) in [4.78, 5) is 25.2. The Balaban J connectivity index is 4.14. The van der Waals surface area contributed by atoms with Crippen LogP contribution in [0.25, 0.3) is 0 Å². The smallest absolute Gasteiger partial charge is 0.306 e. The monoisotopic (exact) mass is 837 g/mol. The van der Waals surface area contributed by atoms with Crippen molar-refractivity contribution in [2.75, 3.05) is 19.8 Å². The minimum Gasteiger partial charge on any atom is -0.462 e. The van der Waals surface area contributed by atoms with Gasteiger partial charge in [0.1, 0.15) is 6.61 Å². The van der Waals surface area contributed by atoms with Crippen molar-refractivity contribution in [2.24, 2.45) is 0 Å². The summed E-state index contributed by atoms with van der Waals surface area (Å²) in [5.74, 6) is -0.430. The van der Waals surface area contributed by atoms with Crippen LogP contribution in [0, 0.1) is 0 Å². The molecule has 0 spiro atoms. The molecule has 0 aliphatic heterocycles. The fraction of sp³-hybridized carbons (Fsp3) is 0.745.